The monoisotopic (exact) mass is 627 g/mol. The third-order valence-corrected chi connectivity index (χ3v) is 9.05. The zero-order valence-corrected chi connectivity index (χ0v) is 29.9. The average molecular weight is 627 g/mol. The van der Waals surface area contributed by atoms with Crippen LogP contribution >= 0.6 is 0 Å². The van der Waals surface area contributed by atoms with Crippen LogP contribution in [0, 0.1) is 0 Å². The first-order valence-corrected chi connectivity index (χ1v) is 18.0. The summed E-state index contributed by atoms with van der Waals surface area (Å²) < 4.78 is 1.07. The highest BCUT2D eigenvalue weighted by Gasteiger charge is 2.25. The number of hydrogen-bond acceptors (Lipinski definition) is 4. The standard InChI is InChI=1S/C39H66N2O4/c1-8-9-10-11-12-13-14-15-16-17-18-19-20-21-22-23-24-31-28-35(43)41(37(31)45)40-34(42)26-25-30-27-32(38(2,3)4)29-33(36(30)44)39(5,6)7/h27-29,43-45H,8-26H2,1-7H3,(H,40,42). The number of nitrogens with one attached hydrogen (secondary N) is 1. The van der Waals surface area contributed by atoms with E-state index in [0.717, 1.165) is 34.2 Å². The fourth-order valence-electron chi connectivity index (χ4n) is 6.01. The summed E-state index contributed by atoms with van der Waals surface area (Å²) >= 11 is 0. The van der Waals surface area contributed by atoms with Crippen LogP contribution in [0.2, 0.25) is 0 Å². The number of phenolic OH excluding ortho intramolecular Hbond substituents is 1. The van der Waals surface area contributed by atoms with Crippen LogP contribution in [0.1, 0.15) is 180 Å². The van der Waals surface area contributed by atoms with Crippen LogP contribution in [0.25, 0.3) is 0 Å². The van der Waals surface area contributed by atoms with E-state index in [1.54, 1.807) is 0 Å². The molecule has 45 heavy (non-hydrogen) atoms. The van der Waals surface area contributed by atoms with E-state index in [0.29, 0.717) is 18.4 Å². The summed E-state index contributed by atoms with van der Waals surface area (Å²) in [5.74, 6) is -0.409. The Morgan fingerprint density at radius 2 is 1.13 bits per heavy atom. The number of carbonyl (C=O) groups excluding carboxylic acids is 1. The minimum absolute atomic E-state index is 0.101. The van der Waals surface area contributed by atoms with Crippen molar-refractivity contribution in [3.05, 3.63) is 40.5 Å². The number of aryl methyl sites for hydroxylation is 2. The summed E-state index contributed by atoms with van der Waals surface area (Å²) in [5.41, 5.74) is 5.64. The van der Waals surface area contributed by atoms with Gasteiger partial charge in [0.15, 0.2) is 0 Å². The molecule has 256 valence electrons. The topological polar surface area (TPSA) is 94.7 Å². The normalized spacial score (nSPS) is 12.2. The minimum Gasteiger partial charge on any atom is -0.507 e. The fraction of sp³-hybridized carbons (Fsp3) is 0.718. The van der Waals surface area contributed by atoms with E-state index in [9.17, 15) is 20.1 Å². The van der Waals surface area contributed by atoms with Crippen molar-refractivity contribution < 1.29 is 20.1 Å². The van der Waals surface area contributed by atoms with Gasteiger partial charge in [0.2, 0.25) is 17.7 Å². The zero-order valence-electron chi connectivity index (χ0n) is 29.9. The maximum absolute atomic E-state index is 12.9. The van der Waals surface area contributed by atoms with Crippen molar-refractivity contribution in [2.75, 3.05) is 5.43 Å². The van der Waals surface area contributed by atoms with Gasteiger partial charge in [-0.2, -0.15) is 4.68 Å². The number of aromatic nitrogens is 1. The second-order valence-corrected chi connectivity index (χ2v) is 15.3. The number of benzene rings is 1. The largest absolute Gasteiger partial charge is 0.507 e. The van der Waals surface area contributed by atoms with Gasteiger partial charge in [-0.15, -0.1) is 0 Å². The lowest BCUT2D eigenvalue weighted by Gasteiger charge is -2.27. The van der Waals surface area contributed by atoms with E-state index >= 15 is 0 Å². The Morgan fingerprint density at radius 1 is 0.644 bits per heavy atom. The predicted molar refractivity (Wildman–Crippen MR) is 189 cm³/mol. The van der Waals surface area contributed by atoms with Crippen LogP contribution in [-0.4, -0.2) is 25.9 Å². The van der Waals surface area contributed by atoms with Gasteiger partial charge < -0.3 is 15.3 Å². The molecule has 0 fully saturated rings. The molecule has 2 aromatic rings. The van der Waals surface area contributed by atoms with Crippen LogP contribution in [0.3, 0.4) is 0 Å². The lowest BCUT2D eigenvalue weighted by atomic mass is 9.78. The molecule has 0 aliphatic heterocycles. The van der Waals surface area contributed by atoms with Crippen LogP contribution < -0.4 is 5.43 Å². The van der Waals surface area contributed by atoms with Crippen LogP contribution in [-0.2, 0) is 28.5 Å². The number of carbonyl (C=O) groups is 1. The molecule has 4 N–H and O–H groups in total. The van der Waals surface area contributed by atoms with Gasteiger partial charge >= 0.3 is 0 Å². The summed E-state index contributed by atoms with van der Waals surface area (Å²) in [6, 6.07) is 5.59. The molecule has 0 aliphatic rings. The third kappa shape index (κ3) is 13.7. The average Bonchev–Trinajstić information content (AvgIpc) is 3.22. The summed E-state index contributed by atoms with van der Waals surface area (Å²) in [7, 11) is 0. The molecule has 0 bridgehead atoms. The quantitative estimate of drug-likeness (QED) is 0.104. The minimum atomic E-state index is -0.344. The molecule has 1 amide bonds. The Balaban J connectivity index is 1.71. The first-order chi connectivity index (χ1) is 21.3. The summed E-state index contributed by atoms with van der Waals surface area (Å²) in [6.07, 6.45) is 22.0. The molecule has 1 aromatic heterocycles. The van der Waals surface area contributed by atoms with Gasteiger partial charge in [0, 0.05) is 18.1 Å². The highest BCUT2D eigenvalue weighted by atomic mass is 16.3. The molecule has 0 unspecified atom stereocenters. The highest BCUT2D eigenvalue weighted by Crippen LogP contribution is 2.38. The Bertz CT molecular complexity index is 1150. The van der Waals surface area contributed by atoms with Crippen molar-refractivity contribution in [1.82, 2.24) is 4.68 Å². The van der Waals surface area contributed by atoms with Crippen LogP contribution in [0.5, 0.6) is 17.5 Å². The third-order valence-electron chi connectivity index (χ3n) is 9.05. The molecule has 6 nitrogen and oxygen atoms in total. The number of aromatic hydroxyl groups is 3. The SMILES string of the molecule is CCCCCCCCCCCCCCCCCCc1cc(O)n(NC(=O)CCc2cc(C(C)(C)C)cc(C(C)(C)C)c2O)c1O. The maximum Gasteiger partial charge on any atom is 0.239 e. The number of nitrogens with zero attached hydrogens (tertiary/aromatic N) is 1. The van der Waals surface area contributed by atoms with Crippen molar-refractivity contribution in [3.63, 3.8) is 0 Å². The molecule has 2 rings (SSSR count). The summed E-state index contributed by atoms with van der Waals surface area (Å²) in [6.45, 7) is 14.9. The molecule has 1 heterocycles. The van der Waals surface area contributed by atoms with Crippen molar-refractivity contribution >= 4 is 5.91 Å². The predicted octanol–water partition coefficient (Wildman–Crippen LogP) is 10.7. The molecule has 6 heteroatoms. The number of phenols is 1. The van der Waals surface area contributed by atoms with Gasteiger partial charge in [0.1, 0.15) is 5.75 Å². The molecule has 0 radical (unpaired) electrons. The van der Waals surface area contributed by atoms with E-state index < -0.39 is 0 Å². The molecule has 0 spiro atoms. The van der Waals surface area contributed by atoms with E-state index in [2.05, 4.69) is 60.0 Å². The van der Waals surface area contributed by atoms with Gasteiger partial charge in [-0.25, -0.2) is 0 Å². The Kier molecular flexibility index (Phi) is 16.4. The first-order valence-electron chi connectivity index (χ1n) is 18.0. The Morgan fingerprint density at radius 3 is 1.60 bits per heavy atom. The Labute approximate surface area is 275 Å². The fourth-order valence-corrected chi connectivity index (χ4v) is 6.01. The number of amides is 1. The van der Waals surface area contributed by atoms with Gasteiger partial charge in [0.05, 0.1) is 0 Å². The molecular weight excluding hydrogens is 560 g/mol. The Hall–Kier alpha value is -2.63. The highest BCUT2D eigenvalue weighted by molar-refractivity contribution is 5.84. The number of rotatable bonds is 21. The van der Waals surface area contributed by atoms with E-state index in [-0.39, 0.29) is 40.7 Å². The number of unbranched alkanes of at least 4 members (excludes halogenated alkanes) is 15. The molecule has 0 saturated carbocycles. The van der Waals surface area contributed by atoms with Crippen molar-refractivity contribution in [1.29, 1.82) is 0 Å². The second-order valence-electron chi connectivity index (χ2n) is 15.3. The molecule has 0 atom stereocenters. The summed E-state index contributed by atoms with van der Waals surface area (Å²) in [4.78, 5) is 12.9. The van der Waals surface area contributed by atoms with Gasteiger partial charge in [-0.1, -0.05) is 157 Å². The van der Waals surface area contributed by atoms with Crippen LogP contribution in [0.4, 0.5) is 0 Å². The number of hydrogen-bond donors (Lipinski definition) is 4. The maximum atomic E-state index is 12.9. The summed E-state index contributed by atoms with van der Waals surface area (Å²) in [5, 5.41) is 32.2. The van der Waals surface area contributed by atoms with E-state index in [1.165, 1.54) is 96.0 Å². The lowest BCUT2D eigenvalue weighted by Crippen LogP contribution is -2.23. The first kappa shape index (κ1) is 38.6. The van der Waals surface area contributed by atoms with Crippen molar-refractivity contribution in [2.24, 2.45) is 0 Å². The van der Waals surface area contributed by atoms with Gasteiger partial charge in [0.25, 0.3) is 0 Å². The molecule has 1 aromatic carbocycles. The van der Waals surface area contributed by atoms with Gasteiger partial charge in [-0.3, -0.25) is 10.2 Å². The molecule has 0 aliphatic carbocycles. The van der Waals surface area contributed by atoms with Gasteiger partial charge in [-0.05, 0) is 46.8 Å². The zero-order chi connectivity index (χ0) is 33.5. The van der Waals surface area contributed by atoms with Crippen molar-refractivity contribution in [2.45, 2.75) is 181 Å². The van der Waals surface area contributed by atoms with E-state index in [1.807, 2.05) is 6.07 Å². The molecule has 0 saturated heterocycles. The van der Waals surface area contributed by atoms with Crippen LogP contribution in [0.15, 0.2) is 18.2 Å². The van der Waals surface area contributed by atoms with Crippen molar-refractivity contribution in [3.8, 4) is 17.5 Å². The lowest BCUT2D eigenvalue weighted by molar-refractivity contribution is -0.117. The second kappa shape index (κ2) is 19.1. The molecular formula is C39H66N2O4. The van der Waals surface area contributed by atoms with E-state index in [4.69, 9.17) is 0 Å². The smallest absolute Gasteiger partial charge is 0.239 e.